The van der Waals surface area contributed by atoms with Gasteiger partial charge in [0.1, 0.15) is 140 Å². The van der Waals surface area contributed by atoms with Crippen molar-refractivity contribution >= 4 is 0 Å². The average Bonchev–Trinajstić information content (AvgIpc) is 3.44. The molecule has 458 valence electrons. The summed E-state index contributed by atoms with van der Waals surface area (Å²) in [4.78, 5) is 0. The molecule has 0 aromatic heterocycles. The van der Waals surface area contributed by atoms with E-state index < -0.39 is 233 Å². The third kappa shape index (κ3) is 41.6. The lowest BCUT2D eigenvalue weighted by Gasteiger charge is -2.24. The lowest BCUT2D eigenvalue weighted by atomic mass is 10.0. The molecule has 37 N–H and O–H groups in total. The molecule has 20 atom stereocenters. The van der Waals surface area contributed by atoms with E-state index in [1.54, 1.807) is 0 Å². The van der Waals surface area contributed by atoms with Crippen LogP contribution in [0.1, 0.15) is 0 Å². The quantitative estimate of drug-likeness (QED) is 0.0318. The van der Waals surface area contributed by atoms with Gasteiger partial charge in [-0.25, -0.2) is 0 Å². The van der Waals surface area contributed by atoms with E-state index in [-0.39, 0.29) is 0 Å². The Balaban J connectivity index is -0.000000142. The van der Waals surface area contributed by atoms with Crippen molar-refractivity contribution in [3.05, 3.63) is 0 Å². The molecule has 0 radical (unpaired) electrons. The van der Waals surface area contributed by atoms with Gasteiger partial charge in [-0.1, -0.05) is 0 Å². The summed E-state index contributed by atoms with van der Waals surface area (Å²) in [6.45, 7) is -9.25. The van der Waals surface area contributed by atoms with Gasteiger partial charge < -0.3 is 189 Å². The Bertz CT molecular complexity index is 933. The minimum atomic E-state index is -1.67. The molecule has 0 saturated heterocycles. The standard InChI is InChI=1S/3C6H14O6.3C5H12O5.C4H10O4/c3*7-1-3(9)5(11)6(12)4(10)2-8;3*6-1-3(8)5(10)4(9)2-7;5-1-3(7)4(8)2-6/h3*3-12H,1-2H2;3*3-10H,1-2H2;3-8H,1-2H2. The van der Waals surface area contributed by atoms with Crippen molar-refractivity contribution in [3.63, 3.8) is 0 Å². The molecular formula is C37H88O37. The van der Waals surface area contributed by atoms with Gasteiger partial charge in [0.05, 0.1) is 92.5 Å². The lowest BCUT2D eigenvalue weighted by Crippen LogP contribution is -2.46. The van der Waals surface area contributed by atoms with E-state index in [9.17, 15) is 0 Å². The molecular weight excluding hydrogens is 1040 g/mol. The topological polar surface area (TPSA) is 749 Å². The van der Waals surface area contributed by atoms with E-state index >= 15 is 0 Å². The zero-order chi connectivity index (χ0) is 60.2. The summed E-state index contributed by atoms with van der Waals surface area (Å²) in [6.07, 6.45) is -34.5. The second-order valence-corrected chi connectivity index (χ2v) is 14.9. The fourth-order valence-corrected chi connectivity index (χ4v) is 3.67. The summed E-state index contributed by atoms with van der Waals surface area (Å²) in [7, 11) is 0. The number of rotatable bonds is 30. The first kappa shape index (κ1) is 86.4. The second kappa shape index (κ2) is 53.5. The Morgan fingerprint density at radius 1 is 0.108 bits per heavy atom. The lowest BCUT2D eigenvalue weighted by molar-refractivity contribution is -0.123. The van der Waals surface area contributed by atoms with Crippen molar-refractivity contribution in [2.75, 3.05) is 92.5 Å². The van der Waals surface area contributed by atoms with E-state index in [1.165, 1.54) is 0 Å². The van der Waals surface area contributed by atoms with Crippen molar-refractivity contribution in [1.29, 1.82) is 0 Å². The molecule has 0 spiro atoms. The Labute approximate surface area is 421 Å². The summed E-state index contributed by atoms with van der Waals surface area (Å²) in [6, 6.07) is 0. The highest BCUT2D eigenvalue weighted by Crippen LogP contribution is 2.07. The average molecular weight is 1130 g/mol. The molecule has 0 aromatic rings. The van der Waals surface area contributed by atoms with Gasteiger partial charge in [-0.15, -0.1) is 0 Å². The maximum Gasteiger partial charge on any atom is 0.111 e. The third-order valence-corrected chi connectivity index (χ3v) is 8.84. The van der Waals surface area contributed by atoms with Crippen LogP contribution in [-0.4, -0.2) is 422 Å². The Morgan fingerprint density at radius 2 is 0.176 bits per heavy atom. The summed E-state index contributed by atoms with van der Waals surface area (Å²) < 4.78 is 0. The van der Waals surface area contributed by atoms with Gasteiger partial charge in [-0.3, -0.25) is 0 Å². The van der Waals surface area contributed by atoms with E-state index in [0.29, 0.717) is 0 Å². The predicted molar refractivity (Wildman–Crippen MR) is 237 cm³/mol. The fraction of sp³-hybridized carbons (Fsp3) is 1.00. The number of hydrogen-bond donors (Lipinski definition) is 37. The predicted octanol–water partition coefficient (Wildman–Crippen LogP) is -21.9. The summed E-state index contributed by atoms with van der Waals surface area (Å²) >= 11 is 0. The van der Waals surface area contributed by atoms with Crippen molar-refractivity contribution < 1.29 is 189 Å². The van der Waals surface area contributed by atoms with Gasteiger partial charge in [0.25, 0.3) is 0 Å². The minimum Gasteiger partial charge on any atom is -0.394 e. The number of aliphatic hydroxyl groups is 37. The SMILES string of the molecule is OCC(O)C(O)C(O)C(O)CO.OCC(O)C(O)C(O)C(O)CO.OCC(O)C(O)C(O)C(O)CO.OCC(O)C(O)C(O)CO.OCC(O)C(O)C(O)CO.OCC(O)C(O)C(O)CO.OCC(O)C(O)CO. The summed E-state index contributed by atoms with van der Waals surface area (Å²) in [5.74, 6) is 0. The van der Waals surface area contributed by atoms with Crippen LogP contribution in [0.5, 0.6) is 0 Å². The van der Waals surface area contributed by atoms with Crippen LogP contribution in [0.15, 0.2) is 0 Å². The maximum atomic E-state index is 8.96. The largest absolute Gasteiger partial charge is 0.394 e. The Kier molecular flexibility index (Phi) is 62.5. The highest BCUT2D eigenvalue weighted by atomic mass is 16.4. The van der Waals surface area contributed by atoms with E-state index in [4.69, 9.17) is 189 Å². The molecule has 0 fully saturated rings. The molecule has 0 aliphatic rings. The molecule has 74 heavy (non-hydrogen) atoms. The normalized spacial score (nSPS) is 20.6. The van der Waals surface area contributed by atoms with Crippen LogP contribution < -0.4 is 0 Å². The Hall–Kier alpha value is -1.48. The first-order valence-corrected chi connectivity index (χ1v) is 21.4. The Morgan fingerprint density at radius 3 is 0.243 bits per heavy atom. The molecule has 0 aliphatic carbocycles. The smallest absolute Gasteiger partial charge is 0.111 e. The minimum absolute atomic E-state index is 0.526. The highest BCUT2D eigenvalue weighted by Gasteiger charge is 2.32. The molecule has 37 heteroatoms. The van der Waals surface area contributed by atoms with Crippen molar-refractivity contribution in [2.24, 2.45) is 0 Å². The van der Waals surface area contributed by atoms with E-state index in [2.05, 4.69) is 0 Å². The van der Waals surface area contributed by atoms with Gasteiger partial charge >= 0.3 is 0 Å². The van der Waals surface area contributed by atoms with E-state index in [0.717, 1.165) is 0 Å². The molecule has 0 bridgehead atoms. The molecule has 0 rings (SSSR count). The maximum absolute atomic E-state index is 8.96. The number of hydrogen-bond acceptors (Lipinski definition) is 37. The van der Waals surface area contributed by atoms with Gasteiger partial charge in [0.15, 0.2) is 0 Å². The van der Waals surface area contributed by atoms with Crippen LogP contribution in [0.25, 0.3) is 0 Å². The van der Waals surface area contributed by atoms with Crippen LogP contribution in [-0.2, 0) is 0 Å². The monoisotopic (exact) mass is 1120 g/mol. The number of aliphatic hydroxyl groups excluding tert-OH is 37. The molecule has 20 unspecified atom stereocenters. The van der Waals surface area contributed by atoms with Gasteiger partial charge in [-0.05, 0) is 0 Å². The first-order chi connectivity index (χ1) is 34.2. The molecule has 37 nitrogen and oxygen atoms in total. The van der Waals surface area contributed by atoms with Crippen LogP contribution >= 0.6 is 0 Å². The van der Waals surface area contributed by atoms with Gasteiger partial charge in [-0.2, -0.15) is 0 Å². The molecule has 0 aromatic carbocycles. The fourth-order valence-electron chi connectivity index (χ4n) is 3.67. The zero-order valence-corrected chi connectivity index (χ0v) is 39.7. The third-order valence-electron chi connectivity index (χ3n) is 8.84. The van der Waals surface area contributed by atoms with E-state index in [1.807, 2.05) is 0 Å². The van der Waals surface area contributed by atoms with Crippen LogP contribution in [0.2, 0.25) is 0 Å². The van der Waals surface area contributed by atoms with Crippen molar-refractivity contribution in [2.45, 2.75) is 140 Å². The van der Waals surface area contributed by atoms with Crippen LogP contribution in [0.4, 0.5) is 0 Å². The zero-order valence-electron chi connectivity index (χ0n) is 39.7. The van der Waals surface area contributed by atoms with Gasteiger partial charge in [0, 0.05) is 0 Å². The molecule has 0 aliphatic heterocycles. The molecule has 0 amide bonds. The summed E-state index contributed by atoms with van der Waals surface area (Å²) in [5, 5.41) is 317. The van der Waals surface area contributed by atoms with Crippen LogP contribution in [0.3, 0.4) is 0 Å². The highest BCUT2D eigenvalue weighted by molar-refractivity contribution is 4.82. The van der Waals surface area contributed by atoms with Crippen molar-refractivity contribution in [1.82, 2.24) is 0 Å². The van der Waals surface area contributed by atoms with Gasteiger partial charge in [0.2, 0.25) is 0 Å². The second-order valence-electron chi connectivity index (χ2n) is 14.9. The molecule has 0 heterocycles. The molecule has 0 saturated carbocycles. The summed E-state index contributed by atoms with van der Waals surface area (Å²) in [5.41, 5.74) is 0. The first-order valence-electron chi connectivity index (χ1n) is 21.4. The van der Waals surface area contributed by atoms with Crippen LogP contribution in [0, 0.1) is 0 Å². The van der Waals surface area contributed by atoms with Crippen molar-refractivity contribution in [3.8, 4) is 0 Å².